The molecule has 0 fully saturated rings. The first-order valence-corrected chi connectivity index (χ1v) is 12.5. The topological polar surface area (TPSA) is 71.0 Å². The molecular formula is C27H23F4N3O3S. The molecule has 0 aliphatic carbocycles. The van der Waals surface area contributed by atoms with E-state index in [9.17, 15) is 27.2 Å². The second-order valence-electron chi connectivity index (χ2n) is 8.80. The Labute approximate surface area is 220 Å². The van der Waals surface area contributed by atoms with Crippen molar-refractivity contribution in [1.82, 2.24) is 10.3 Å². The fourth-order valence-corrected chi connectivity index (χ4v) is 4.77. The second kappa shape index (κ2) is 11.7. The van der Waals surface area contributed by atoms with Gasteiger partial charge in [-0.3, -0.25) is 9.59 Å². The highest BCUT2D eigenvalue weighted by molar-refractivity contribution is 8.14. The fraction of sp³-hybridized carbons (Fsp3) is 0.222. The Morgan fingerprint density at radius 3 is 2.32 bits per heavy atom. The van der Waals surface area contributed by atoms with Gasteiger partial charge in [-0.15, -0.1) is 0 Å². The summed E-state index contributed by atoms with van der Waals surface area (Å²) in [7, 11) is 0. The van der Waals surface area contributed by atoms with Gasteiger partial charge in [0.1, 0.15) is 45.0 Å². The van der Waals surface area contributed by atoms with Gasteiger partial charge in [-0.05, 0) is 36.2 Å². The first-order valence-electron chi connectivity index (χ1n) is 11.6. The molecular weight excluding hydrogens is 522 g/mol. The van der Waals surface area contributed by atoms with Crippen LogP contribution in [0.5, 0.6) is 5.75 Å². The molecule has 0 bridgehead atoms. The number of benzene rings is 3. The monoisotopic (exact) mass is 545 g/mol. The van der Waals surface area contributed by atoms with Gasteiger partial charge in [-0.2, -0.15) is 5.10 Å². The summed E-state index contributed by atoms with van der Waals surface area (Å²) in [5.74, 6) is -5.42. The molecule has 2 amide bonds. The average molecular weight is 546 g/mol. The standard InChI is InChI=1S/C27H23F4N3O3S/c1-15(2)13-32-23(35)14-37-22-6-4-3-5-19(22)27-34(26(36)24-20(30)11-18(29)12-21(24)31)33-25(38-27)16-7-9-17(28)10-8-16/h3-12,15,27H,13-14H2,1-2H3,(H,32,35). The predicted octanol–water partition coefficient (Wildman–Crippen LogP) is 5.64. The molecule has 0 radical (unpaired) electrons. The van der Waals surface area contributed by atoms with Gasteiger partial charge in [0.25, 0.3) is 11.8 Å². The largest absolute Gasteiger partial charge is 0.483 e. The zero-order valence-electron chi connectivity index (χ0n) is 20.4. The lowest BCUT2D eigenvalue weighted by Crippen LogP contribution is -2.32. The Balaban J connectivity index is 1.69. The zero-order chi connectivity index (χ0) is 27.4. The molecule has 198 valence electrons. The Bertz CT molecular complexity index is 1360. The van der Waals surface area contributed by atoms with E-state index in [1.54, 1.807) is 24.3 Å². The molecule has 0 saturated carbocycles. The molecule has 0 spiro atoms. The number of halogens is 4. The first kappa shape index (κ1) is 27.2. The van der Waals surface area contributed by atoms with Crippen molar-refractivity contribution in [3.8, 4) is 5.75 Å². The predicted molar refractivity (Wildman–Crippen MR) is 136 cm³/mol. The van der Waals surface area contributed by atoms with Crippen LogP contribution in [0.15, 0.2) is 65.8 Å². The third-order valence-electron chi connectivity index (χ3n) is 5.42. The number of carbonyl (C=O) groups is 2. The van der Waals surface area contributed by atoms with E-state index in [4.69, 9.17) is 4.74 Å². The molecule has 1 aliphatic rings. The fourth-order valence-electron chi connectivity index (χ4n) is 3.58. The van der Waals surface area contributed by atoms with Crippen molar-refractivity contribution in [3.05, 3.63) is 101 Å². The van der Waals surface area contributed by atoms with E-state index >= 15 is 0 Å². The Kier molecular flexibility index (Phi) is 8.35. The van der Waals surface area contributed by atoms with E-state index in [1.807, 2.05) is 13.8 Å². The second-order valence-corrected chi connectivity index (χ2v) is 9.87. The number of nitrogens with zero attached hydrogens (tertiary/aromatic N) is 2. The number of hydrogen-bond donors (Lipinski definition) is 1. The number of rotatable bonds is 8. The summed E-state index contributed by atoms with van der Waals surface area (Å²) < 4.78 is 61.8. The van der Waals surface area contributed by atoms with E-state index in [2.05, 4.69) is 10.4 Å². The minimum atomic E-state index is -1.38. The van der Waals surface area contributed by atoms with Gasteiger partial charge in [0.05, 0.1) is 0 Å². The van der Waals surface area contributed by atoms with Crippen molar-refractivity contribution in [2.75, 3.05) is 13.2 Å². The van der Waals surface area contributed by atoms with Crippen LogP contribution in [0.3, 0.4) is 0 Å². The van der Waals surface area contributed by atoms with E-state index in [0.29, 0.717) is 29.8 Å². The van der Waals surface area contributed by atoms with Crippen LogP contribution < -0.4 is 10.1 Å². The van der Waals surface area contributed by atoms with Crippen molar-refractivity contribution in [3.63, 3.8) is 0 Å². The van der Waals surface area contributed by atoms with Gasteiger partial charge in [-0.25, -0.2) is 22.6 Å². The van der Waals surface area contributed by atoms with E-state index < -0.39 is 40.1 Å². The number of carbonyl (C=O) groups excluding carboxylic acids is 2. The van der Waals surface area contributed by atoms with Crippen molar-refractivity contribution in [1.29, 1.82) is 0 Å². The lowest BCUT2D eigenvalue weighted by molar-refractivity contribution is -0.123. The van der Waals surface area contributed by atoms with Gasteiger partial charge in [-0.1, -0.05) is 43.8 Å². The molecule has 1 atom stereocenters. The summed E-state index contributed by atoms with van der Waals surface area (Å²) in [5.41, 5.74) is -0.123. The number of para-hydroxylation sites is 1. The summed E-state index contributed by atoms with van der Waals surface area (Å²) in [5, 5.41) is 7.20. The molecule has 1 unspecified atom stereocenters. The van der Waals surface area contributed by atoms with Crippen LogP contribution >= 0.6 is 11.8 Å². The van der Waals surface area contributed by atoms with Crippen molar-refractivity contribution in [2.24, 2.45) is 11.0 Å². The summed E-state index contributed by atoms with van der Waals surface area (Å²) in [4.78, 5) is 25.6. The average Bonchev–Trinajstić information content (AvgIpc) is 3.31. The number of nitrogens with one attached hydrogen (secondary N) is 1. The molecule has 3 aromatic carbocycles. The summed E-state index contributed by atoms with van der Waals surface area (Å²) in [6.07, 6.45) is 0. The molecule has 38 heavy (non-hydrogen) atoms. The number of amides is 2. The third-order valence-corrected chi connectivity index (χ3v) is 6.63. The highest BCUT2D eigenvalue weighted by atomic mass is 32.2. The lowest BCUT2D eigenvalue weighted by Gasteiger charge is -2.23. The molecule has 0 aromatic heterocycles. The molecule has 1 aliphatic heterocycles. The normalized spacial score (nSPS) is 15.0. The van der Waals surface area contributed by atoms with Crippen molar-refractivity contribution < 1.29 is 31.9 Å². The highest BCUT2D eigenvalue weighted by Crippen LogP contribution is 2.45. The number of hydrazone groups is 1. The number of thioether (sulfide) groups is 1. The third kappa shape index (κ3) is 6.16. The van der Waals surface area contributed by atoms with Crippen LogP contribution in [0.1, 0.15) is 40.7 Å². The van der Waals surface area contributed by atoms with Gasteiger partial charge in [0.15, 0.2) is 6.61 Å². The van der Waals surface area contributed by atoms with Gasteiger partial charge < -0.3 is 10.1 Å². The molecule has 4 rings (SSSR count). The maximum absolute atomic E-state index is 14.5. The molecule has 3 aromatic rings. The Morgan fingerprint density at radius 1 is 1.00 bits per heavy atom. The minimum Gasteiger partial charge on any atom is -0.483 e. The smallest absolute Gasteiger partial charge is 0.281 e. The Hall–Kier alpha value is -3.86. The maximum atomic E-state index is 14.5. The first-order chi connectivity index (χ1) is 18.1. The molecule has 1 heterocycles. The minimum absolute atomic E-state index is 0.245. The van der Waals surface area contributed by atoms with Crippen LogP contribution in [0.25, 0.3) is 0 Å². The Morgan fingerprint density at radius 2 is 1.66 bits per heavy atom. The maximum Gasteiger partial charge on any atom is 0.281 e. The number of hydrogen-bond acceptors (Lipinski definition) is 5. The van der Waals surface area contributed by atoms with Gasteiger partial charge in [0.2, 0.25) is 0 Å². The van der Waals surface area contributed by atoms with Gasteiger partial charge >= 0.3 is 0 Å². The molecule has 11 heteroatoms. The molecule has 1 N–H and O–H groups in total. The van der Waals surface area contributed by atoms with Crippen LogP contribution in [0, 0.1) is 29.2 Å². The summed E-state index contributed by atoms with van der Waals surface area (Å²) in [6.45, 7) is 4.06. The van der Waals surface area contributed by atoms with E-state index in [-0.39, 0.29) is 29.2 Å². The highest BCUT2D eigenvalue weighted by Gasteiger charge is 2.38. The van der Waals surface area contributed by atoms with E-state index in [0.717, 1.165) is 16.8 Å². The lowest BCUT2D eigenvalue weighted by atomic mass is 10.1. The van der Waals surface area contributed by atoms with E-state index in [1.165, 1.54) is 24.3 Å². The SMILES string of the molecule is CC(C)CNC(=O)COc1ccccc1C1SC(c2ccc(F)cc2)=NN1C(=O)c1c(F)cc(F)cc1F. The summed E-state index contributed by atoms with van der Waals surface area (Å²) >= 11 is 1.06. The van der Waals surface area contributed by atoms with Crippen LogP contribution in [-0.2, 0) is 4.79 Å². The van der Waals surface area contributed by atoms with Crippen molar-refractivity contribution in [2.45, 2.75) is 19.2 Å². The van der Waals surface area contributed by atoms with Crippen LogP contribution in [-0.4, -0.2) is 35.0 Å². The van der Waals surface area contributed by atoms with Crippen molar-refractivity contribution >= 4 is 28.6 Å². The summed E-state index contributed by atoms with van der Waals surface area (Å²) in [6, 6.07) is 12.7. The zero-order valence-corrected chi connectivity index (χ0v) is 21.2. The van der Waals surface area contributed by atoms with Crippen LogP contribution in [0.4, 0.5) is 17.6 Å². The van der Waals surface area contributed by atoms with Crippen LogP contribution in [0.2, 0.25) is 0 Å². The van der Waals surface area contributed by atoms with Gasteiger partial charge in [0, 0.05) is 29.8 Å². The molecule has 0 saturated heterocycles. The molecule has 6 nitrogen and oxygen atoms in total. The number of ether oxygens (including phenoxy) is 1. The quantitative estimate of drug-likeness (QED) is 0.372.